The van der Waals surface area contributed by atoms with Crippen molar-refractivity contribution in [2.45, 2.75) is 31.8 Å². The topological polar surface area (TPSA) is 87.4 Å². The third kappa shape index (κ3) is 4.58. The lowest BCUT2D eigenvalue weighted by Gasteiger charge is -2.35. The van der Waals surface area contributed by atoms with E-state index in [1.165, 1.54) is 34.1 Å². The van der Waals surface area contributed by atoms with Crippen molar-refractivity contribution in [2.24, 2.45) is 0 Å². The van der Waals surface area contributed by atoms with E-state index in [-0.39, 0.29) is 0 Å². The monoisotopic (exact) mass is 346 g/mol. The number of hydrogen-bond donors (Lipinski definition) is 4. The van der Waals surface area contributed by atoms with Gasteiger partial charge in [-0.3, -0.25) is 0 Å². The predicted octanol–water partition coefficient (Wildman–Crippen LogP) is 1.63. The first kappa shape index (κ1) is 20.7. The molecule has 0 aliphatic heterocycles. The first-order valence-electron chi connectivity index (χ1n) is 7.72. The summed E-state index contributed by atoms with van der Waals surface area (Å²) in [5, 5.41) is 40.7. The number of hydrogen-bond acceptors (Lipinski definition) is 6. The molecule has 0 radical (unpaired) electrons. The van der Waals surface area contributed by atoms with Crippen molar-refractivity contribution >= 4 is 11.4 Å². The van der Waals surface area contributed by atoms with Crippen molar-refractivity contribution in [3.05, 3.63) is 74.4 Å². The molecule has 4 unspecified atom stereocenters. The van der Waals surface area contributed by atoms with Crippen LogP contribution in [0.25, 0.3) is 0 Å². The minimum absolute atomic E-state index is 0.443. The summed E-state index contributed by atoms with van der Waals surface area (Å²) in [5.41, 5.74) is 1.68. The van der Waals surface area contributed by atoms with E-state index in [1.54, 1.807) is 25.1 Å². The highest BCUT2D eigenvalue weighted by molar-refractivity contribution is 5.65. The number of aryl methyl sites for hydroxylation is 1. The quantitative estimate of drug-likeness (QED) is 0.380. The summed E-state index contributed by atoms with van der Waals surface area (Å²) in [6.45, 7) is 15.9. The fourth-order valence-corrected chi connectivity index (χ4v) is 2.39. The predicted molar refractivity (Wildman–Crippen MR) is 101 cm³/mol. The lowest BCUT2D eigenvalue weighted by molar-refractivity contribution is 0.135. The van der Waals surface area contributed by atoms with Gasteiger partial charge in [0.2, 0.25) is 0 Å². The Hall–Kier alpha value is -2.38. The third-order valence-corrected chi connectivity index (χ3v) is 3.75. The minimum atomic E-state index is -1.16. The van der Waals surface area contributed by atoms with Crippen LogP contribution >= 0.6 is 0 Å². The van der Waals surface area contributed by atoms with Crippen molar-refractivity contribution in [3.8, 4) is 0 Å². The summed E-state index contributed by atoms with van der Waals surface area (Å²) < 4.78 is 0. The van der Waals surface area contributed by atoms with Gasteiger partial charge in [0.05, 0.1) is 0 Å². The van der Waals surface area contributed by atoms with Crippen LogP contribution in [-0.2, 0) is 0 Å². The van der Waals surface area contributed by atoms with E-state index >= 15 is 0 Å². The first-order valence-corrected chi connectivity index (χ1v) is 7.72. The average molecular weight is 346 g/mol. The summed E-state index contributed by atoms with van der Waals surface area (Å²) >= 11 is 0. The van der Waals surface area contributed by atoms with Crippen molar-refractivity contribution in [1.82, 2.24) is 0 Å². The van der Waals surface area contributed by atoms with E-state index < -0.39 is 24.9 Å². The average Bonchev–Trinajstić information content (AvgIpc) is 2.63. The fraction of sp³-hybridized carbons (Fsp3) is 0.263. The molecule has 25 heavy (non-hydrogen) atoms. The van der Waals surface area contributed by atoms with E-state index in [0.29, 0.717) is 11.4 Å². The summed E-state index contributed by atoms with van der Waals surface area (Å²) in [6.07, 6.45) is 0.425. The van der Waals surface area contributed by atoms with Gasteiger partial charge in [0.25, 0.3) is 0 Å². The molecular weight excluding hydrogens is 320 g/mol. The summed E-state index contributed by atoms with van der Waals surface area (Å²) in [7, 11) is 0. The Morgan fingerprint density at radius 1 is 0.760 bits per heavy atom. The highest BCUT2D eigenvalue weighted by Crippen LogP contribution is 2.31. The fourth-order valence-electron chi connectivity index (χ4n) is 2.39. The normalized spacial score (nSPS) is 15.4. The van der Waals surface area contributed by atoms with Crippen LogP contribution in [0, 0.1) is 6.92 Å². The Labute approximate surface area is 148 Å². The maximum atomic E-state index is 10.2. The molecule has 0 bridgehead atoms. The zero-order valence-corrected chi connectivity index (χ0v) is 14.4. The SMILES string of the molecule is C=CC(O)N(c1ccc(C)c(N(C(O)C=C)C(O)C=C)c1)C(O)C=C. The molecule has 0 heterocycles. The molecule has 4 atom stereocenters. The Morgan fingerprint density at radius 2 is 1.16 bits per heavy atom. The molecule has 136 valence electrons. The van der Waals surface area contributed by atoms with Gasteiger partial charge in [-0.05, 0) is 48.9 Å². The molecule has 4 N–H and O–H groups in total. The van der Waals surface area contributed by atoms with Crippen LogP contribution in [0.1, 0.15) is 5.56 Å². The minimum Gasteiger partial charge on any atom is -0.370 e. The van der Waals surface area contributed by atoms with Gasteiger partial charge >= 0.3 is 0 Å². The number of rotatable bonds is 10. The van der Waals surface area contributed by atoms with Crippen LogP contribution in [-0.4, -0.2) is 45.3 Å². The second-order valence-electron chi connectivity index (χ2n) is 5.38. The smallest absolute Gasteiger partial charge is 0.148 e. The van der Waals surface area contributed by atoms with Gasteiger partial charge < -0.3 is 30.2 Å². The molecule has 0 aromatic heterocycles. The van der Waals surface area contributed by atoms with E-state index in [0.717, 1.165) is 5.56 Å². The molecule has 6 nitrogen and oxygen atoms in total. The van der Waals surface area contributed by atoms with Crippen LogP contribution < -0.4 is 9.80 Å². The van der Waals surface area contributed by atoms with E-state index in [9.17, 15) is 20.4 Å². The number of aliphatic hydroxyl groups is 4. The Balaban J connectivity index is 3.50. The highest BCUT2D eigenvalue weighted by Gasteiger charge is 2.25. The van der Waals surface area contributed by atoms with Crippen molar-refractivity contribution in [2.75, 3.05) is 9.80 Å². The van der Waals surface area contributed by atoms with Gasteiger partial charge in [0.1, 0.15) is 24.9 Å². The van der Waals surface area contributed by atoms with Crippen LogP contribution in [0.3, 0.4) is 0 Å². The third-order valence-electron chi connectivity index (χ3n) is 3.75. The van der Waals surface area contributed by atoms with Gasteiger partial charge in [-0.2, -0.15) is 0 Å². The van der Waals surface area contributed by atoms with E-state index in [4.69, 9.17) is 0 Å². The molecule has 0 fully saturated rings. The first-order chi connectivity index (χ1) is 11.8. The van der Waals surface area contributed by atoms with Gasteiger partial charge in [0.15, 0.2) is 0 Å². The van der Waals surface area contributed by atoms with Gasteiger partial charge in [0, 0.05) is 11.4 Å². The summed E-state index contributed by atoms with van der Waals surface area (Å²) in [5.74, 6) is 0. The standard InChI is InChI=1S/C19H26N2O4/c1-6-16(22)20(17(23)7-2)14-11-10-13(5)15(12-14)21(18(24)8-3)19(25)9-4/h6-12,16-19,22-25H,1-4H2,5H3. The molecule has 0 aliphatic rings. The Morgan fingerprint density at radius 3 is 1.56 bits per heavy atom. The number of nitrogens with zero attached hydrogens (tertiary/aromatic N) is 2. The lowest BCUT2D eigenvalue weighted by Crippen LogP contribution is -2.43. The molecule has 0 spiro atoms. The molecular formula is C19H26N2O4. The van der Waals surface area contributed by atoms with Crippen LogP contribution in [0.5, 0.6) is 0 Å². The maximum absolute atomic E-state index is 10.2. The highest BCUT2D eigenvalue weighted by atomic mass is 16.3. The van der Waals surface area contributed by atoms with Crippen LogP contribution in [0.4, 0.5) is 11.4 Å². The number of aliphatic hydroxyl groups excluding tert-OH is 4. The zero-order valence-electron chi connectivity index (χ0n) is 14.4. The molecule has 1 aromatic rings. The Bertz CT molecular complexity index is 604. The van der Waals surface area contributed by atoms with Crippen molar-refractivity contribution < 1.29 is 20.4 Å². The van der Waals surface area contributed by atoms with E-state index in [2.05, 4.69) is 26.3 Å². The maximum Gasteiger partial charge on any atom is 0.148 e. The van der Waals surface area contributed by atoms with Gasteiger partial charge in [-0.25, -0.2) is 0 Å². The molecule has 1 aromatic carbocycles. The van der Waals surface area contributed by atoms with E-state index in [1.807, 2.05) is 0 Å². The van der Waals surface area contributed by atoms with Crippen LogP contribution in [0.2, 0.25) is 0 Å². The largest absolute Gasteiger partial charge is 0.370 e. The van der Waals surface area contributed by atoms with Crippen LogP contribution in [0.15, 0.2) is 68.8 Å². The number of anilines is 2. The molecule has 0 saturated heterocycles. The van der Waals surface area contributed by atoms with Gasteiger partial charge in [-0.15, -0.1) is 0 Å². The zero-order chi connectivity index (χ0) is 19.1. The summed E-state index contributed by atoms with van der Waals surface area (Å²) in [4.78, 5) is 2.58. The van der Waals surface area contributed by atoms with Gasteiger partial charge in [-0.1, -0.05) is 32.4 Å². The lowest BCUT2D eigenvalue weighted by atomic mass is 10.1. The second-order valence-corrected chi connectivity index (χ2v) is 5.38. The molecule has 0 saturated carbocycles. The van der Waals surface area contributed by atoms with Crippen molar-refractivity contribution in [3.63, 3.8) is 0 Å². The molecule has 0 aliphatic carbocycles. The van der Waals surface area contributed by atoms with Crippen molar-refractivity contribution in [1.29, 1.82) is 0 Å². The second kappa shape index (κ2) is 9.19. The summed E-state index contributed by atoms with van der Waals surface area (Å²) in [6, 6.07) is 5.05. The number of benzene rings is 1. The molecule has 0 amide bonds. The molecule has 1 rings (SSSR count). The molecule has 6 heteroatoms. The Kier molecular flexibility index (Phi) is 7.60.